The summed E-state index contributed by atoms with van der Waals surface area (Å²) >= 11 is 0. The number of fused-ring (bicyclic) bond motifs is 1. The van der Waals surface area contributed by atoms with Gasteiger partial charge in [-0.05, 0) is 31.2 Å². The number of rotatable bonds is 8. The quantitative estimate of drug-likeness (QED) is 0.674. The van der Waals surface area contributed by atoms with Crippen LogP contribution >= 0.6 is 0 Å². The number of methoxy groups -OCH3 is 1. The maximum Gasteiger partial charge on any atom is 0.259 e. The summed E-state index contributed by atoms with van der Waals surface area (Å²) in [6, 6.07) is 7.56. The highest BCUT2D eigenvalue weighted by molar-refractivity contribution is 5.88. The summed E-state index contributed by atoms with van der Waals surface area (Å²) in [5, 5.41) is 16.2. The van der Waals surface area contributed by atoms with Gasteiger partial charge < -0.3 is 15.4 Å². The Hall–Kier alpha value is -3.34. The van der Waals surface area contributed by atoms with Gasteiger partial charge in [-0.15, -0.1) is 0 Å². The van der Waals surface area contributed by atoms with Gasteiger partial charge in [0.15, 0.2) is 0 Å². The van der Waals surface area contributed by atoms with Crippen molar-refractivity contribution in [3.05, 3.63) is 40.8 Å². The number of benzene rings is 1. The molecule has 3 atom stereocenters. The van der Waals surface area contributed by atoms with Crippen LogP contribution in [-0.4, -0.2) is 36.1 Å². The number of amides is 2. The molecule has 1 aromatic carbocycles. The first-order valence-corrected chi connectivity index (χ1v) is 10.5. The van der Waals surface area contributed by atoms with E-state index in [1.807, 2.05) is 19.9 Å². The van der Waals surface area contributed by atoms with Crippen LogP contribution in [0.5, 0.6) is 5.75 Å². The van der Waals surface area contributed by atoms with Crippen molar-refractivity contribution in [2.45, 2.75) is 45.2 Å². The third-order valence-electron chi connectivity index (χ3n) is 5.62. The summed E-state index contributed by atoms with van der Waals surface area (Å²) in [5.41, 5.74) is -0.291. The summed E-state index contributed by atoms with van der Waals surface area (Å²) in [7, 11) is 1.52. The number of nitrogens with one attached hydrogen (secondary N) is 2. The molecular weight excluding hydrogens is 396 g/mol. The van der Waals surface area contributed by atoms with Gasteiger partial charge in [0.25, 0.3) is 5.56 Å². The van der Waals surface area contributed by atoms with Gasteiger partial charge in [0.2, 0.25) is 11.8 Å². The van der Waals surface area contributed by atoms with Crippen LogP contribution in [0.25, 0.3) is 10.8 Å². The second-order valence-electron chi connectivity index (χ2n) is 8.30. The van der Waals surface area contributed by atoms with Gasteiger partial charge in [-0.2, -0.15) is 5.26 Å². The number of hydrogen-bond acceptors (Lipinski definition) is 5. The lowest BCUT2D eigenvalue weighted by atomic mass is 9.97. The van der Waals surface area contributed by atoms with Crippen molar-refractivity contribution in [3.8, 4) is 11.8 Å². The molecule has 2 unspecified atom stereocenters. The molecule has 0 bridgehead atoms. The SMILES string of the molecule is COc1cn(C(CC(C)C)C(=O)N[C@H](C#N)CC2CCNC2=O)c(=O)c2ccccc12. The molecule has 1 aliphatic rings. The molecule has 2 N–H and O–H groups in total. The van der Waals surface area contributed by atoms with Gasteiger partial charge in [-0.1, -0.05) is 32.0 Å². The fraction of sp³-hybridized carbons (Fsp3) is 0.478. The molecule has 1 aromatic heterocycles. The highest BCUT2D eigenvalue weighted by Crippen LogP contribution is 2.26. The van der Waals surface area contributed by atoms with Gasteiger partial charge >= 0.3 is 0 Å². The van der Waals surface area contributed by atoms with Crippen molar-refractivity contribution in [3.63, 3.8) is 0 Å². The maximum absolute atomic E-state index is 13.2. The molecule has 2 heterocycles. The summed E-state index contributed by atoms with van der Waals surface area (Å²) < 4.78 is 6.87. The maximum atomic E-state index is 13.2. The number of nitriles is 1. The van der Waals surface area contributed by atoms with Crippen molar-refractivity contribution < 1.29 is 14.3 Å². The van der Waals surface area contributed by atoms with E-state index in [0.29, 0.717) is 35.9 Å². The minimum atomic E-state index is -0.811. The molecule has 3 rings (SSSR count). The average Bonchev–Trinajstić information content (AvgIpc) is 3.16. The molecule has 2 aromatic rings. The smallest absolute Gasteiger partial charge is 0.259 e. The van der Waals surface area contributed by atoms with E-state index < -0.39 is 18.0 Å². The van der Waals surface area contributed by atoms with Crippen LogP contribution in [-0.2, 0) is 9.59 Å². The van der Waals surface area contributed by atoms with Crippen LogP contribution in [0.2, 0.25) is 0 Å². The Labute approximate surface area is 181 Å². The molecule has 1 saturated heterocycles. The van der Waals surface area contributed by atoms with Crippen molar-refractivity contribution in [1.82, 2.24) is 15.2 Å². The van der Waals surface area contributed by atoms with Gasteiger partial charge in [0.1, 0.15) is 17.8 Å². The fourth-order valence-electron chi connectivity index (χ4n) is 4.03. The van der Waals surface area contributed by atoms with Crippen LogP contribution in [0.3, 0.4) is 0 Å². The molecule has 8 heteroatoms. The number of carbonyl (C=O) groups excluding carboxylic acids is 2. The molecule has 164 valence electrons. The first-order valence-electron chi connectivity index (χ1n) is 10.5. The van der Waals surface area contributed by atoms with E-state index in [9.17, 15) is 19.6 Å². The van der Waals surface area contributed by atoms with Crippen LogP contribution in [0.15, 0.2) is 35.3 Å². The Balaban J connectivity index is 1.93. The number of nitrogens with zero attached hydrogens (tertiary/aromatic N) is 2. The molecule has 0 radical (unpaired) electrons. The fourth-order valence-corrected chi connectivity index (χ4v) is 4.03. The molecule has 0 aliphatic carbocycles. The highest BCUT2D eigenvalue weighted by atomic mass is 16.5. The van der Waals surface area contributed by atoms with Gasteiger partial charge in [0, 0.05) is 17.8 Å². The topological polar surface area (TPSA) is 113 Å². The normalized spacial score (nSPS) is 17.8. The Morgan fingerprint density at radius 3 is 2.61 bits per heavy atom. The van der Waals surface area contributed by atoms with E-state index in [2.05, 4.69) is 16.7 Å². The predicted octanol–water partition coefficient (Wildman–Crippen LogP) is 2.13. The van der Waals surface area contributed by atoms with E-state index in [-0.39, 0.29) is 29.7 Å². The molecule has 8 nitrogen and oxygen atoms in total. The van der Waals surface area contributed by atoms with E-state index in [1.54, 1.807) is 24.4 Å². The molecule has 1 fully saturated rings. The van der Waals surface area contributed by atoms with Crippen LogP contribution in [0.4, 0.5) is 0 Å². The molecule has 0 saturated carbocycles. The third-order valence-corrected chi connectivity index (χ3v) is 5.62. The molecule has 2 amide bonds. The Morgan fingerprint density at radius 2 is 2.03 bits per heavy atom. The number of pyridine rings is 1. The minimum Gasteiger partial charge on any atom is -0.495 e. The van der Waals surface area contributed by atoms with E-state index in [1.165, 1.54) is 11.7 Å². The molecule has 31 heavy (non-hydrogen) atoms. The highest BCUT2D eigenvalue weighted by Gasteiger charge is 2.30. The Bertz CT molecular complexity index is 1070. The first kappa shape index (κ1) is 22.3. The molecule has 1 aliphatic heterocycles. The number of carbonyl (C=O) groups is 2. The zero-order chi connectivity index (χ0) is 22.5. The Kier molecular flexibility index (Phi) is 6.95. The number of hydrogen-bond donors (Lipinski definition) is 2. The minimum absolute atomic E-state index is 0.0938. The number of aromatic nitrogens is 1. The van der Waals surface area contributed by atoms with E-state index >= 15 is 0 Å². The molecular formula is C23H28N4O4. The lowest BCUT2D eigenvalue weighted by molar-refractivity contribution is -0.126. The van der Waals surface area contributed by atoms with Gasteiger partial charge in [0.05, 0.1) is 24.8 Å². The Morgan fingerprint density at radius 1 is 1.32 bits per heavy atom. The number of ether oxygens (including phenoxy) is 1. The average molecular weight is 425 g/mol. The van der Waals surface area contributed by atoms with Crippen molar-refractivity contribution in [2.24, 2.45) is 11.8 Å². The van der Waals surface area contributed by atoms with Crippen LogP contribution in [0, 0.1) is 23.2 Å². The van der Waals surface area contributed by atoms with Crippen molar-refractivity contribution in [1.29, 1.82) is 5.26 Å². The second-order valence-corrected chi connectivity index (χ2v) is 8.30. The lowest BCUT2D eigenvalue weighted by Crippen LogP contribution is -2.43. The third kappa shape index (κ3) is 4.88. The van der Waals surface area contributed by atoms with Crippen molar-refractivity contribution in [2.75, 3.05) is 13.7 Å². The summed E-state index contributed by atoms with van der Waals surface area (Å²) in [4.78, 5) is 38.3. The second kappa shape index (κ2) is 9.65. The summed E-state index contributed by atoms with van der Waals surface area (Å²) in [6.07, 6.45) is 2.86. The summed E-state index contributed by atoms with van der Waals surface area (Å²) in [6.45, 7) is 4.51. The monoisotopic (exact) mass is 424 g/mol. The zero-order valence-electron chi connectivity index (χ0n) is 18.1. The first-order chi connectivity index (χ1) is 14.8. The van der Waals surface area contributed by atoms with Crippen LogP contribution < -0.4 is 20.9 Å². The van der Waals surface area contributed by atoms with Gasteiger partial charge in [-0.25, -0.2) is 0 Å². The van der Waals surface area contributed by atoms with E-state index in [0.717, 1.165) is 0 Å². The van der Waals surface area contributed by atoms with E-state index in [4.69, 9.17) is 4.74 Å². The summed E-state index contributed by atoms with van der Waals surface area (Å²) in [5.74, 6) is -0.184. The zero-order valence-corrected chi connectivity index (χ0v) is 18.1. The largest absolute Gasteiger partial charge is 0.495 e. The predicted molar refractivity (Wildman–Crippen MR) is 117 cm³/mol. The standard InChI is InChI=1S/C23H28N4O4/c1-14(2)10-19(22(29)26-16(12-24)11-15-8-9-25-21(15)28)27-13-20(31-3)17-6-4-5-7-18(17)23(27)30/h4-7,13-16,19H,8-11H2,1-3H3,(H,25,28)(H,26,29)/t15?,16-,19?/m0/s1. The molecule has 0 spiro atoms. The van der Waals surface area contributed by atoms with Crippen LogP contribution in [0.1, 0.15) is 39.2 Å². The van der Waals surface area contributed by atoms with Gasteiger partial charge in [-0.3, -0.25) is 19.0 Å². The van der Waals surface area contributed by atoms with Crippen molar-refractivity contribution >= 4 is 22.6 Å². The lowest BCUT2D eigenvalue weighted by Gasteiger charge is -2.24.